The van der Waals surface area contributed by atoms with Crippen molar-refractivity contribution in [2.75, 3.05) is 18.8 Å². The summed E-state index contributed by atoms with van der Waals surface area (Å²) in [5.74, 6) is 2.25. The maximum atomic E-state index is 13.4. The highest BCUT2D eigenvalue weighted by atomic mass is 16.5. The van der Waals surface area contributed by atoms with Crippen molar-refractivity contribution in [2.24, 2.45) is 17.8 Å². The van der Waals surface area contributed by atoms with Gasteiger partial charge in [-0.2, -0.15) is 5.06 Å². The molecular formula is C31H39NO5. The largest absolute Gasteiger partial charge is 0.493 e. The minimum Gasteiger partial charge on any atom is -0.493 e. The Kier molecular flexibility index (Phi) is 7.57. The number of carbonyl (C=O) groups is 2. The maximum absolute atomic E-state index is 13.4. The van der Waals surface area contributed by atoms with E-state index in [0.717, 1.165) is 41.9 Å². The van der Waals surface area contributed by atoms with Crippen LogP contribution in [0.15, 0.2) is 42.5 Å². The molecule has 0 unspecified atom stereocenters. The summed E-state index contributed by atoms with van der Waals surface area (Å²) < 4.78 is 11.1. The van der Waals surface area contributed by atoms with Gasteiger partial charge in [0.15, 0.2) is 0 Å². The van der Waals surface area contributed by atoms with Crippen LogP contribution in [0.3, 0.4) is 0 Å². The summed E-state index contributed by atoms with van der Waals surface area (Å²) in [4.78, 5) is 25.1. The van der Waals surface area contributed by atoms with Crippen molar-refractivity contribution in [3.05, 3.63) is 59.2 Å². The molecule has 0 spiro atoms. The van der Waals surface area contributed by atoms with Crippen molar-refractivity contribution < 1.29 is 24.3 Å². The Morgan fingerprint density at radius 3 is 2.14 bits per heavy atom. The van der Waals surface area contributed by atoms with Gasteiger partial charge in [-0.25, -0.2) is 4.79 Å². The summed E-state index contributed by atoms with van der Waals surface area (Å²) in [5, 5.41) is 11.4. The van der Waals surface area contributed by atoms with Crippen LogP contribution in [0.4, 0.5) is 5.69 Å². The van der Waals surface area contributed by atoms with Gasteiger partial charge in [-0.1, -0.05) is 26.2 Å². The Morgan fingerprint density at radius 2 is 1.54 bits per heavy atom. The van der Waals surface area contributed by atoms with Crippen molar-refractivity contribution in [3.63, 3.8) is 0 Å². The number of amides is 1. The highest BCUT2D eigenvalue weighted by Gasteiger charge is 2.52. The number of ether oxygens (including phenoxy) is 2. The fourth-order valence-electron chi connectivity index (χ4n) is 7.45. The number of hydrogen-bond acceptors (Lipinski definition) is 5. The van der Waals surface area contributed by atoms with E-state index in [1.807, 2.05) is 12.1 Å². The van der Waals surface area contributed by atoms with Crippen LogP contribution in [-0.2, 0) is 10.2 Å². The molecule has 0 aliphatic heterocycles. The van der Waals surface area contributed by atoms with Crippen LogP contribution in [0.1, 0.15) is 97.4 Å². The molecule has 6 rings (SSSR count). The third kappa shape index (κ3) is 5.26. The molecule has 1 N–H and O–H groups in total. The van der Waals surface area contributed by atoms with Gasteiger partial charge < -0.3 is 9.47 Å². The normalized spacial score (nSPS) is 25.6. The van der Waals surface area contributed by atoms with Crippen LogP contribution >= 0.6 is 0 Å². The Bertz CT molecular complexity index is 1090. The summed E-state index contributed by atoms with van der Waals surface area (Å²) in [6, 6.07) is 11.8. The number of methoxy groups -OCH3 is 1. The molecule has 6 nitrogen and oxygen atoms in total. The average Bonchev–Trinajstić information content (AvgIpc) is 2.91. The minimum atomic E-state index is -0.494. The molecule has 4 aliphatic rings. The smallest absolute Gasteiger partial charge is 0.337 e. The van der Waals surface area contributed by atoms with Crippen LogP contribution in [0.2, 0.25) is 0 Å². The van der Waals surface area contributed by atoms with Gasteiger partial charge in [0.05, 0.1) is 25.0 Å². The van der Waals surface area contributed by atoms with Crippen LogP contribution < -0.4 is 9.80 Å². The predicted molar refractivity (Wildman–Crippen MR) is 142 cm³/mol. The van der Waals surface area contributed by atoms with Crippen molar-refractivity contribution in [1.29, 1.82) is 0 Å². The molecule has 1 amide bonds. The highest BCUT2D eigenvalue weighted by Crippen LogP contribution is 2.62. The predicted octanol–water partition coefficient (Wildman–Crippen LogP) is 6.94. The second-order valence-corrected chi connectivity index (χ2v) is 11.5. The van der Waals surface area contributed by atoms with Gasteiger partial charge in [0.25, 0.3) is 5.91 Å². The van der Waals surface area contributed by atoms with Crippen LogP contribution in [0.25, 0.3) is 0 Å². The molecule has 4 bridgehead atoms. The van der Waals surface area contributed by atoms with E-state index in [9.17, 15) is 14.8 Å². The standard InChI is InChI=1S/C31H39NO5/c1-3-4-5-6-13-37-28-12-9-25(29(33)32(35)26-10-7-24(8-11-26)30(34)36-2)17-27(28)31-18-21-14-22(19-31)16-23(15-21)20-31/h7-12,17,21-23,35H,3-6,13-16,18-20H2,1-2H3. The van der Waals surface area contributed by atoms with Crippen LogP contribution in [0, 0.1) is 17.8 Å². The first-order valence-corrected chi connectivity index (χ1v) is 13.9. The van der Waals surface area contributed by atoms with E-state index >= 15 is 0 Å². The van der Waals surface area contributed by atoms with Gasteiger partial charge in [0.1, 0.15) is 5.75 Å². The first kappa shape index (κ1) is 25.8. The Balaban J connectivity index is 1.41. The van der Waals surface area contributed by atoms with E-state index in [0.29, 0.717) is 28.5 Å². The molecule has 198 valence electrons. The van der Waals surface area contributed by atoms with Gasteiger partial charge in [-0.05, 0) is 111 Å². The van der Waals surface area contributed by atoms with Crippen LogP contribution in [0.5, 0.6) is 5.75 Å². The Labute approximate surface area is 219 Å². The quantitative estimate of drug-likeness (QED) is 0.164. The number of unbranched alkanes of at least 4 members (excludes halogenated alkanes) is 3. The fraction of sp³-hybridized carbons (Fsp3) is 0.548. The lowest BCUT2D eigenvalue weighted by Gasteiger charge is -2.57. The molecule has 0 atom stereocenters. The monoisotopic (exact) mass is 505 g/mol. The van der Waals surface area contributed by atoms with Gasteiger partial charge in [0, 0.05) is 11.1 Å². The number of anilines is 1. The molecule has 4 aliphatic carbocycles. The van der Waals surface area contributed by atoms with Crippen molar-refractivity contribution >= 4 is 17.6 Å². The fourth-order valence-corrected chi connectivity index (χ4v) is 7.45. The topological polar surface area (TPSA) is 76.1 Å². The number of hydroxylamine groups is 1. The third-order valence-electron chi connectivity index (χ3n) is 8.82. The lowest BCUT2D eigenvalue weighted by atomic mass is 9.48. The van der Waals surface area contributed by atoms with Crippen molar-refractivity contribution in [3.8, 4) is 5.75 Å². The van der Waals surface area contributed by atoms with E-state index < -0.39 is 11.9 Å². The SMILES string of the molecule is CCCCCCOc1ccc(C(=O)N(O)c2ccc(C(=O)OC)cc2)cc1C12CC3CC(CC(C3)C1)C2. The highest BCUT2D eigenvalue weighted by molar-refractivity contribution is 6.05. The molecule has 0 heterocycles. The summed E-state index contributed by atoms with van der Waals surface area (Å²) in [5.41, 5.74) is 2.32. The molecule has 0 aromatic heterocycles. The second kappa shape index (κ2) is 10.9. The molecule has 6 heteroatoms. The lowest BCUT2D eigenvalue weighted by Crippen LogP contribution is -2.48. The summed E-state index contributed by atoms with van der Waals surface area (Å²) in [7, 11) is 1.32. The summed E-state index contributed by atoms with van der Waals surface area (Å²) in [6.45, 7) is 2.89. The zero-order chi connectivity index (χ0) is 26.0. The first-order chi connectivity index (χ1) is 17.9. The van der Waals surface area contributed by atoms with E-state index in [1.165, 1.54) is 82.7 Å². The summed E-state index contributed by atoms with van der Waals surface area (Å²) >= 11 is 0. The number of hydrogen-bond donors (Lipinski definition) is 1. The molecular weight excluding hydrogens is 466 g/mol. The zero-order valence-corrected chi connectivity index (χ0v) is 22.1. The number of esters is 1. The summed E-state index contributed by atoms with van der Waals surface area (Å²) in [6.07, 6.45) is 12.1. The van der Waals surface area contributed by atoms with Gasteiger partial charge in [-0.15, -0.1) is 0 Å². The van der Waals surface area contributed by atoms with Gasteiger partial charge >= 0.3 is 5.97 Å². The number of nitrogens with zero attached hydrogens (tertiary/aromatic N) is 1. The second-order valence-electron chi connectivity index (χ2n) is 11.5. The number of carbonyl (C=O) groups excluding carboxylic acids is 2. The molecule has 2 aromatic carbocycles. The molecule has 4 saturated carbocycles. The van der Waals surface area contributed by atoms with E-state index in [1.54, 1.807) is 6.07 Å². The number of benzene rings is 2. The molecule has 0 radical (unpaired) electrons. The lowest BCUT2D eigenvalue weighted by molar-refractivity contribution is -0.00642. The van der Waals surface area contributed by atoms with Crippen LogP contribution in [-0.4, -0.2) is 30.8 Å². The van der Waals surface area contributed by atoms with E-state index in [4.69, 9.17) is 9.47 Å². The van der Waals surface area contributed by atoms with Crippen molar-refractivity contribution in [1.82, 2.24) is 0 Å². The molecule has 4 fully saturated rings. The minimum absolute atomic E-state index is 0.0617. The third-order valence-corrected chi connectivity index (χ3v) is 8.82. The zero-order valence-electron chi connectivity index (χ0n) is 22.1. The molecule has 0 saturated heterocycles. The maximum Gasteiger partial charge on any atom is 0.337 e. The van der Waals surface area contributed by atoms with Crippen molar-refractivity contribution in [2.45, 2.75) is 76.5 Å². The van der Waals surface area contributed by atoms with E-state index in [-0.39, 0.29) is 5.41 Å². The van der Waals surface area contributed by atoms with E-state index in [2.05, 4.69) is 6.92 Å². The molecule has 37 heavy (non-hydrogen) atoms. The Hall–Kier alpha value is -2.86. The average molecular weight is 506 g/mol. The first-order valence-electron chi connectivity index (χ1n) is 13.9. The van der Waals surface area contributed by atoms with Gasteiger partial charge in [0.2, 0.25) is 0 Å². The number of rotatable bonds is 10. The molecule has 2 aromatic rings. The van der Waals surface area contributed by atoms with Gasteiger partial charge in [-0.3, -0.25) is 10.0 Å². The Morgan fingerprint density at radius 1 is 0.919 bits per heavy atom.